The van der Waals surface area contributed by atoms with Gasteiger partial charge < -0.3 is 14.8 Å². The lowest BCUT2D eigenvalue weighted by Crippen LogP contribution is -2.20. The van der Waals surface area contributed by atoms with Crippen molar-refractivity contribution >= 4 is 40.8 Å². The summed E-state index contributed by atoms with van der Waals surface area (Å²) in [5.41, 5.74) is 0.716. The van der Waals surface area contributed by atoms with Crippen molar-refractivity contribution in [1.82, 2.24) is 0 Å². The number of esters is 1. The van der Waals surface area contributed by atoms with Gasteiger partial charge in [-0.2, -0.15) is 0 Å². The van der Waals surface area contributed by atoms with Gasteiger partial charge in [-0.25, -0.2) is 4.79 Å². The third kappa shape index (κ3) is 5.16. The molecule has 5 nitrogen and oxygen atoms in total. The number of carbonyl (C=O) groups excluding carboxylic acids is 2. The van der Waals surface area contributed by atoms with Gasteiger partial charge in [0, 0.05) is 15.7 Å². The number of carbonyl (C=O) groups is 2. The molecule has 23 heavy (non-hydrogen) atoms. The van der Waals surface area contributed by atoms with Crippen molar-refractivity contribution in [2.75, 3.05) is 19.0 Å². The van der Waals surface area contributed by atoms with Crippen LogP contribution in [0.15, 0.2) is 42.5 Å². The Kier molecular flexibility index (Phi) is 5.84. The molecule has 0 unspecified atom stereocenters. The molecular weight excluding hydrogens is 341 g/mol. The largest absolute Gasteiger partial charge is 0.497 e. The first-order valence-electron chi connectivity index (χ1n) is 6.55. The fourth-order valence-electron chi connectivity index (χ4n) is 1.79. The molecule has 0 spiro atoms. The number of benzene rings is 2. The van der Waals surface area contributed by atoms with Crippen LogP contribution in [0.4, 0.5) is 5.69 Å². The Balaban J connectivity index is 1.92. The Bertz CT molecular complexity index is 714. The van der Waals surface area contributed by atoms with Crippen molar-refractivity contribution in [3.63, 3.8) is 0 Å². The number of hydrogen-bond acceptors (Lipinski definition) is 4. The highest BCUT2D eigenvalue weighted by Gasteiger charge is 2.11. The molecule has 0 radical (unpaired) electrons. The summed E-state index contributed by atoms with van der Waals surface area (Å²) in [4.78, 5) is 23.7. The van der Waals surface area contributed by atoms with Crippen molar-refractivity contribution in [3.8, 4) is 5.75 Å². The summed E-state index contributed by atoms with van der Waals surface area (Å²) in [6, 6.07) is 11.1. The summed E-state index contributed by atoms with van der Waals surface area (Å²) < 4.78 is 9.97. The second-order valence-corrected chi connectivity index (χ2v) is 5.39. The molecule has 0 bridgehead atoms. The summed E-state index contributed by atoms with van der Waals surface area (Å²) in [7, 11) is 1.49. The Morgan fingerprint density at radius 2 is 1.78 bits per heavy atom. The first-order chi connectivity index (χ1) is 11.0. The lowest BCUT2D eigenvalue weighted by atomic mass is 10.2. The molecule has 0 aliphatic heterocycles. The van der Waals surface area contributed by atoms with Crippen molar-refractivity contribution in [2.45, 2.75) is 0 Å². The van der Waals surface area contributed by atoms with E-state index < -0.39 is 18.5 Å². The lowest BCUT2D eigenvalue weighted by Gasteiger charge is -2.08. The SMILES string of the molecule is COc1cccc(C(=O)OCC(=O)Nc2cc(Cl)cc(Cl)c2)c1. The summed E-state index contributed by atoms with van der Waals surface area (Å²) in [5.74, 6) is -0.597. The monoisotopic (exact) mass is 353 g/mol. The Morgan fingerprint density at radius 1 is 1.09 bits per heavy atom. The van der Waals surface area contributed by atoms with Crippen LogP contribution in [0.5, 0.6) is 5.75 Å². The standard InChI is InChI=1S/C16H13Cl2NO4/c1-22-14-4-2-3-10(5-14)16(21)23-9-15(20)19-13-7-11(17)6-12(18)8-13/h2-8H,9H2,1H3,(H,19,20). The molecule has 0 heterocycles. The predicted molar refractivity (Wildman–Crippen MR) is 88.4 cm³/mol. The minimum atomic E-state index is -0.622. The van der Waals surface area contributed by atoms with Gasteiger partial charge >= 0.3 is 5.97 Å². The van der Waals surface area contributed by atoms with E-state index in [9.17, 15) is 9.59 Å². The van der Waals surface area contributed by atoms with E-state index in [0.29, 0.717) is 27.0 Å². The zero-order valence-corrected chi connectivity index (χ0v) is 13.6. The molecular formula is C16H13Cl2NO4. The van der Waals surface area contributed by atoms with Gasteiger partial charge in [0.2, 0.25) is 0 Å². The Labute approximate surface area is 143 Å². The van der Waals surface area contributed by atoms with Crippen molar-refractivity contribution in [3.05, 3.63) is 58.1 Å². The molecule has 120 valence electrons. The fraction of sp³-hybridized carbons (Fsp3) is 0.125. The number of rotatable bonds is 5. The smallest absolute Gasteiger partial charge is 0.338 e. The zero-order valence-electron chi connectivity index (χ0n) is 12.1. The summed E-state index contributed by atoms with van der Waals surface area (Å²) in [5, 5.41) is 3.32. The van der Waals surface area contributed by atoms with E-state index >= 15 is 0 Å². The van der Waals surface area contributed by atoms with E-state index in [1.54, 1.807) is 24.3 Å². The van der Waals surface area contributed by atoms with Crippen LogP contribution >= 0.6 is 23.2 Å². The second kappa shape index (κ2) is 7.85. The molecule has 0 saturated carbocycles. The van der Waals surface area contributed by atoms with Crippen molar-refractivity contribution in [2.24, 2.45) is 0 Å². The summed E-state index contributed by atoms with van der Waals surface area (Å²) in [6.45, 7) is -0.430. The normalized spacial score (nSPS) is 10.0. The van der Waals surface area contributed by atoms with Gasteiger partial charge in [-0.15, -0.1) is 0 Å². The molecule has 0 aromatic heterocycles. The molecule has 1 amide bonds. The highest BCUT2D eigenvalue weighted by Crippen LogP contribution is 2.22. The molecule has 0 aliphatic carbocycles. The first-order valence-corrected chi connectivity index (χ1v) is 7.30. The van der Waals surface area contributed by atoms with Gasteiger partial charge in [0.25, 0.3) is 5.91 Å². The first kappa shape index (κ1) is 17.1. The van der Waals surface area contributed by atoms with Gasteiger partial charge in [-0.1, -0.05) is 29.3 Å². The maximum absolute atomic E-state index is 11.9. The Hall–Kier alpha value is -2.24. The molecule has 1 N–H and O–H groups in total. The van der Waals surface area contributed by atoms with Gasteiger partial charge in [-0.3, -0.25) is 4.79 Å². The van der Waals surface area contributed by atoms with Crippen LogP contribution in [-0.4, -0.2) is 25.6 Å². The minimum absolute atomic E-state index is 0.294. The number of amides is 1. The van der Waals surface area contributed by atoms with E-state index in [4.69, 9.17) is 32.7 Å². The molecule has 7 heteroatoms. The van der Waals surface area contributed by atoms with Crippen molar-refractivity contribution < 1.29 is 19.1 Å². The number of nitrogens with one attached hydrogen (secondary N) is 1. The Morgan fingerprint density at radius 3 is 2.43 bits per heavy atom. The molecule has 2 aromatic rings. The summed E-state index contributed by atoms with van der Waals surface area (Å²) >= 11 is 11.7. The van der Waals surface area contributed by atoms with E-state index in [0.717, 1.165) is 0 Å². The van der Waals surface area contributed by atoms with Gasteiger partial charge in [0.1, 0.15) is 5.75 Å². The van der Waals surface area contributed by atoms with Crippen molar-refractivity contribution in [1.29, 1.82) is 0 Å². The third-order valence-corrected chi connectivity index (χ3v) is 3.22. The van der Waals surface area contributed by atoms with Crippen LogP contribution in [-0.2, 0) is 9.53 Å². The molecule has 2 aromatic carbocycles. The molecule has 0 saturated heterocycles. The van der Waals surface area contributed by atoms with Gasteiger partial charge in [0.15, 0.2) is 6.61 Å². The van der Waals surface area contributed by atoms with Crippen LogP contribution in [0, 0.1) is 0 Å². The number of hydrogen-bond donors (Lipinski definition) is 1. The van der Waals surface area contributed by atoms with Gasteiger partial charge in [-0.05, 0) is 36.4 Å². The maximum Gasteiger partial charge on any atom is 0.338 e. The fourth-order valence-corrected chi connectivity index (χ4v) is 2.31. The number of halogens is 2. The minimum Gasteiger partial charge on any atom is -0.497 e. The van der Waals surface area contributed by atoms with Crippen LogP contribution in [0.1, 0.15) is 10.4 Å². The maximum atomic E-state index is 11.9. The molecule has 2 rings (SSSR count). The molecule has 0 atom stereocenters. The van der Waals surface area contributed by atoms with E-state index in [1.165, 1.54) is 25.3 Å². The second-order valence-electron chi connectivity index (χ2n) is 4.51. The van der Waals surface area contributed by atoms with E-state index in [2.05, 4.69) is 5.32 Å². The summed E-state index contributed by atoms with van der Waals surface area (Å²) in [6.07, 6.45) is 0. The van der Waals surface area contributed by atoms with E-state index in [1.807, 2.05) is 0 Å². The number of methoxy groups -OCH3 is 1. The lowest BCUT2D eigenvalue weighted by molar-refractivity contribution is -0.119. The highest BCUT2D eigenvalue weighted by atomic mass is 35.5. The van der Waals surface area contributed by atoms with Crippen LogP contribution < -0.4 is 10.1 Å². The third-order valence-electron chi connectivity index (χ3n) is 2.79. The van der Waals surface area contributed by atoms with Gasteiger partial charge in [0.05, 0.1) is 12.7 Å². The van der Waals surface area contributed by atoms with E-state index in [-0.39, 0.29) is 0 Å². The average Bonchev–Trinajstić information content (AvgIpc) is 2.51. The number of anilines is 1. The van der Waals surface area contributed by atoms with Crippen LogP contribution in [0.2, 0.25) is 10.0 Å². The topological polar surface area (TPSA) is 64.6 Å². The quantitative estimate of drug-likeness (QED) is 0.830. The highest BCUT2D eigenvalue weighted by molar-refractivity contribution is 6.35. The average molecular weight is 354 g/mol. The number of ether oxygens (including phenoxy) is 2. The van der Waals surface area contributed by atoms with Crippen LogP contribution in [0.25, 0.3) is 0 Å². The molecule has 0 aliphatic rings. The zero-order chi connectivity index (χ0) is 16.8. The predicted octanol–water partition coefficient (Wildman–Crippen LogP) is 3.80. The molecule has 0 fully saturated rings. The van der Waals surface area contributed by atoms with Crippen LogP contribution in [0.3, 0.4) is 0 Å².